The lowest BCUT2D eigenvalue weighted by atomic mass is 9.95. The van der Waals surface area contributed by atoms with Crippen molar-refractivity contribution in [2.24, 2.45) is 11.8 Å². The second kappa shape index (κ2) is 39.4. The molecule has 2 aromatic heterocycles. The van der Waals surface area contributed by atoms with E-state index < -0.39 is 257 Å². The highest BCUT2D eigenvalue weighted by Gasteiger charge is 2.47. The number of carbonyl (C=O) groups excluding carboxylic acids is 12. The molecule has 600 valence electrons. The third-order valence-corrected chi connectivity index (χ3v) is 17.9. The van der Waals surface area contributed by atoms with Gasteiger partial charge in [-0.25, -0.2) is 15.3 Å². The molecule has 43 nitrogen and oxygen atoms in total. The van der Waals surface area contributed by atoms with Crippen LogP contribution in [-0.2, 0) is 113 Å². The number of epoxide rings is 1. The zero-order valence-corrected chi connectivity index (χ0v) is 60.1. The zero-order valence-electron chi connectivity index (χ0n) is 59.2. The van der Waals surface area contributed by atoms with Crippen LogP contribution in [0.3, 0.4) is 0 Å². The lowest BCUT2D eigenvalue weighted by Crippen LogP contribution is -2.63. The first-order valence-electron chi connectivity index (χ1n) is 34.1. The highest BCUT2D eigenvalue weighted by molar-refractivity contribution is 7.46. The summed E-state index contributed by atoms with van der Waals surface area (Å²) in [6, 6.07) is -5.70. The fourth-order valence-electron chi connectivity index (χ4n) is 11.8. The highest BCUT2D eigenvalue weighted by Crippen LogP contribution is 2.38. The van der Waals surface area contributed by atoms with E-state index in [0.717, 1.165) is 38.1 Å². The Bertz CT molecular complexity index is 4360. The molecule has 2 fully saturated rings. The fourth-order valence-corrected chi connectivity index (χ4v) is 12.4. The van der Waals surface area contributed by atoms with Gasteiger partial charge in [-0.05, 0) is 60.2 Å². The SMILES string of the molecule is CCCC1OC1C(=O)NC(CO)C(=O)NC1C(=O)NC(Cc2c[nH]c3ccccc23)C(=O)NC(CC(=O)O)C(=O)NC(CC(=O)O)C(=O)NC(c2ccc(O)cc2)C(=O)NC(CC(=O)O)C(=O)NCC(=O)NC(C(CON)OP(=O)(O)O)C(=O)NC(C(C)CC(=O)O)C(=O)NC(Cc2c[nH]c3ccccc23)C(=O)OC1C. The van der Waals surface area contributed by atoms with Crippen LogP contribution in [0.15, 0.2) is 85.2 Å². The Morgan fingerprint density at radius 1 is 0.622 bits per heavy atom. The lowest BCUT2D eigenvalue weighted by Gasteiger charge is -2.31. The number of aliphatic hydroxyl groups is 1. The van der Waals surface area contributed by atoms with Gasteiger partial charge in [-0.1, -0.05) is 68.8 Å². The van der Waals surface area contributed by atoms with Gasteiger partial charge in [-0.2, -0.15) is 0 Å². The van der Waals surface area contributed by atoms with Crippen LogP contribution < -0.4 is 64.4 Å². The minimum absolute atomic E-state index is 0.215. The molecular weight excluding hydrogens is 1500 g/mol. The van der Waals surface area contributed by atoms with Crippen molar-refractivity contribution >= 4 is 124 Å². The molecule has 44 heteroatoms. The van der Waals surface area contributed by atoms with Crippen LogP contribution in [0.25, 0.3) is 21.8 Å². The smallest absolute Gasteiger partial charge is 0.470 e. The number of carboxylic acid groups (broad SMARTS) is 4. The number of hydrogen-bond acceptors (Lipinski definition) is 24. The molecule has 0 radical (unpaired) electrons. The van der Waals surface area contributed by atoms with Crippen LogP contribution in [0.5, 0.6) is 5.75 Å². The Morgan fingerprint density at radius 3 is 1.66 bits per heavy atom. The van der Waals surface area contributed by atoms with Crippen molar-refractivity contribution in [1.29, 1.82) is 0 Å². The maximum absolute atomic E-state index is 15.4. The van der Waals surface area contributed by atoms with Gasteiger partial charge in [0.1, 0.15) is 78.4 Å². The number of phosphoric acid groups is 1. The predicted octanol–water partition coefficient (Wildman–Crippen LogP) is -5.11. The quantitative estimate of drug-likeness (QED) is 0.0107. The minimum Gasteiger partial charge on any atom is -0.508 e. The minimum atomic E-state index is -5.82. The molecule has 15 atom stereocenters. The van der Waals surface area contributed by atoms with E-state index in [1.807, 2.05) is 21.3 Å². The summed E-state index contributed by atoms with van der Waals surface area (Å²) < 4.78 is 28.6. The largest absolute Gasteiger partial charge is 0.508 e. The number of carbonyl (C=O) groups is 16. The Labute approximate surface area is 627 Å². The molecular formula is C67H83N14O29P. The van der Waals surface area contributed by atoms with E-state index in [1.165, 1.54) is 12.4 Å². The first kappa shape index (κ1) is 86.2. The molecule has 0 aliphatic carbocycles. The van der Waals surface area contributed by atoms with Gasteiger partial charge in [-0.3, -0.25) is 76.4 Å². The van der Waals surface area contributed by atoms with Crippen molar-refractivity contribution in [1.82, 2.24) is 68.5 Å². The van der Waals surface area contributed by atoms with Crippen LogP contribution >= 0.6 is 7.82 Å². The van der Waals surface area contributed by atoms with Gasteiger partial charge in [-0.15, -0.1) is 0 Å². The summed E-state index contributed by atoms with van der Waals surface area (Å²) >= 11 is 0. The van der Waals surface area contributed by atoms with Crippen LogP contribution in [0, 0.1) is 5.92 Å². The average Bonchev–Trinajstić information content (AvgIpc) is 1.78. The molecule has 5 aromatic rings. The van der Waals surface area contributed by atoms with Crippen molar-refractivity contribution in [3.05, 3.63) is 102 Å². The van der Waals surface area contributed by atoms with Crippen LogP contribution in [0.2, 0.25) is 0 Å². The second-order valence-corrected chi connectivity index (χ2v) is 27.0. The number of rotatable bonds is 26. The van der Waals surface area contributed by atoms with Crippen LogP contribution in [0.4, 0.5) is 0 Å². The second-order valence-electron chi connectivity index (χ2n) is 25.8. The van der Waals surface area contributed by atoms with E-state index in [9.17, 15) is 103 Å². The molecule has 7 rings (SSSR count). The maximum atomic E-state index is 15.4. The summed E-state index contributed by atoms with van der Waals surface area (Å²) in [5, 5.41) is 85.8. The number of phenolic OH excluding ortho intramolecular Hbond substituents is 1. The number of aromatic nitrogens is 2. The fraction of sp³-hybridized carbons (Fsp3) is 0.433. The third-order valence-electron chi connectivity index (χ3n) is 17.4. The molecule has 4 heterocycles. The third kappa shape index (κ3) is 25.0. The Balaban J connectivity index is 1.40. The first-order valence-corrected chi connectivity index (χ1v) is 35.6. The van der Waals surface area contributed by atoms with Gasteiger partial charge in [0.2, 0.25) is 59.1 Å². The molecule has 15 unspecified atom stereocenters. The van der Waals surface area contributed by atoms with Crippen molar-refractivity contribution in [2.75, 3.05) is 19.8 Å². The molecule has 3 aromatic carbocycles. The number of ether oxygens (including phenoxy) is 2. The van der Waals surface area contributed by atoms with Gasteiger partial charge in [0.15, 0.2) is 6.10 Å². The standard InChI is InChI=1S/C67H83N14O29P/c1-4-9-45-56(109-45)66(102)77-44(27-82)61(97)80-53-30(3)108-67(103)43(20-33-25-70-38-13-8-6-11-36(33)38)76-62(98)52(29(2)18-48(85)86)79-65(101)55(46(28-107-68)110-111(104,105)106)78-47(84)26-71-57(93)40(21-49(87)88)75-64(100)54(31-14-16-34(83)17-15-31)81-60(96)42(23-51(91)92)73-59(95)41(22-50(89)90)72-58(94)39(74-63(53)99)19-32-24-69-37-12-7-5-10-35(32)37/h5-8,10-17,24-25,29-30,39-46,52-56,69-70,82-83H,4,9,18-23,26-28,68H2,1-3H3,(H,71,93)(H,72,94)(H,73,95)(H,74,99)(H,75,100)(H,76,98)(H,77,102)(H,78,84)(H,79,101)(H,80,97)(H,81,96)(H,85,86)(H,87,88)(H,89,90)(H,91,92)(H2,104,105,106). The molecule has 2 aliphatic rings. The summed E-state index contributed by atoms with van der Waals surface area (Å²) in [6.45, 7) is 0.102. The number of H-pyrrole nitrogens is 2. The summed E-state index contributed by atoms with van der Waals surface area (Å²) in [5.41, 5.74) is 1.01. The number of aliphatic carboxylic acids is 4. The number of aliphatic hydroxyl groups excluding tert-OH is 1. The number of esters is 1. The summed E-state index contributed by atoms with van der Waals surface area (Å²) in [5.74, 6) is -21.7. The van der Waals surface area contributed by atoms with Crippen molar-refractivity contribution in [3.63, 3.8) is 0 Å². The van der Waals surface area contributed by atoms with E-state index in [0.29, 0.717) is 34.6 Å². The molecule has 23 N–H and O–H groups in total. The van der Waals surface area contributed by atoms with Crippen molar-refractivity contribution in [3.8, 4) is 5.75 Å². The summed E-state index contributed by atoms with van der Waals surface area (Å²) in [4.78, 5) is 255. The lowest BCUT2D eigenvalue weighted by molar-refractivity contribution is -0.156. The predicted molar refractivity (Wildman–Crippen MR) is 375 cm³/mol. The number of nitrogens with two attached hydrogens (primary N) is 1. The Morgan fingerprint density at radius 2 is 1.13 bits per heavy atom. The number of hydrogen-bond donors (Lipinski definition) is 22. The topological polar surface area (TPSA) is 682 Å². The molecule has 11 amide bonds. The van der Waals surface area contributed by atoms with E-state index in [-0.39, 0.29) is 16.7 Å². The van der Waals surface area contributed by atoms with Gasteiger partial charge in [0.05, 0.1) is 51.5 Å². The first-order chi connectivity index (χ1) is 52.5. The van der Waals surface area contributed by atoms with E-state index in [1.54, 1.807) is 55.5 Å². The Kier molecular flexibility index (Phi) is 30.6. The Hall–Kier alpha value is -12.0. The average molecular weight is 1580 g/mol. The van der Waals surface area contributed by atoms with Crippen molar-refractivity contribution < 1.29 is 141 Å². The summed E-state index contributed by atoms with van der Waals surface area (Å²) in [7, 11) is -5.82. The number of aromatic hydroxyl groups is 1. The molecule has 0 bridgehead atoms. The highest BCUT2D eigenvalue weighted by atomic mass is 31.2. The van der Waals surface area contributed by atoms with Crippen LogP contribution in [0.1, 0.15) is 82.0 Å². The number of aromatic amines is 2. The number of cyclic esters (lactones) is 1. The molecule has 2 saturated heterocycles. The zero-order chi connectivity index (χ0) is 81.7. The maximum Gasteiger partial charge on any atom is 0.470 e. The number of carboxylic acids is 4. The number of phosphoric ester groups is 1. The van der Waals surface area contributed by atoms with Gasteiger partial charge in [0, 0.05) is 47.0 Å². The van der Waals surface area contributed by atoms with Crippen LogP contribution in [-0.4, -0.2) is 244 Å². The molecule has 0 saturated carbocycles. The number of para-hydroxylation sites is 2. The molecule has 111 heavy (non-hydrogen) atoms. The number of phenols is 1. The van der Waals surface area contributed by atoms with Gasteiger partial charge in [0.25, 0.3) is 5.91 Å². The molecule has 0 spiro atoms. The molecule has 2 aliphatic heterocycles. The van der Waals surface area contributed by atoms with E-state index in [2.05, 4.69) is 52.0 Å². The van der Waals surface area contributed by atoms with E-state index >= 15 is 19.2 Å². The number of benzene rings is 3. The van der Waals surface area contributed by atoms with Gasteiger partial charge >= 0.3 is 37.7 Å². The summed E-state index contributed by atoms with van der Waals surface area (Å²) in [6.07, 6.45) is -8.82. The van der Waals surface area contributed by atoms with Crippen molar-refractivity contribution in [2.45, 2.75) is 157 Å². The monoisotopic (exact) mass is 1580 g/mol. The van der Waals surface area contributed by atoms with E-state index in [4.69, 9.17) is 19.9 Å². The number of fused-ring (bicyclic) bond motifs is 2. The van der Waals surface area contributed by atoms with Gasteiger partial charge < -0.3 is 123 Å². The number of amides is 11. The number of nitrogens with one attached hydrogen (secondary N) is 13. The normalized spacial score (nSPS) is 24.1.